The van der Waals surface area contributed by atoms with Gasteiger partial charge in [-0.1, -0.05) is 22.0 Å². The summed E-state index contributed by atoms with van der Waals surface area (Å²) in [5, 5.41) is 15.4. The number of carboxylic acids is 1. The second kappa shape index (κ2) is 10.6. The van der Waals surface area contributed by atoms with Crippen LogP contribution >= 0.6 is 27.3 Å². The summed E-state index contributed by atoms with van der Waals surface area (Å²) >= 11 is 4.67. The summed E-state index contributed by atoms with van der Waals surface area (Å²) < 4.78 is 44.3. The van der Waals surface area contributed by atoms with E-state index in [0.717, 1.165) is 0 Å². The molecule has 1 aromatic carbocycles. The highest BCUT2D eigenvalue weighted by Crippen LogP contribution is 2.37. The third kappa shape index (κ3) is 5.61. The molecule has 0 bridgehead atoms. The fourth-order valence-corrected chi connectivity index (χ4v) is 7.26. The number of ether oxygens (including phenoxy) is 1. The number of sulfone groups is 1. The minimum atomic E-state index is -3.58. The van der Waals surface area contributed by atoms with Crippen molar-refractivity contribution in [1.29, 1.82) is 0 Å². The van der Waals surface area contributed by atoms with E-state index in [-0.39, 0.29) is 31.0 Å². The molecule has 0 spiro atoms. The van der Waals surface area contributed by atoms with Gasteiger partial charge in [0, 0.05) is 34.8 Å². The van der Waals surface area contributed by atoms with E-state index in [1.54, 1.807) is 18.5 Å². The van der Waals surface area contributed by atoms with Gasteiger partial charge >= 0.3 is 11.9 Å². The van der Waals surface area contributed by atoms with Gasteiger partial charge < -0.3 is 15.2 Å². The highest BCUT2D eigenvalue weighted by Gasteiger charge is 2.48. The number of carbonyl (C=O) groups is 2. The number of aliphatic imine (C=N–C) groups is 1. The number of carbonyl (C=O) groups excluding carboxylic acids is 1. The van der Waals surface area contributed by atoms with Crippen molar-refractivity contribution < 1.29 is 32.2 Å². The summed E-state index contributed by atoms with van der Waals surface area (Å²) in [4.78, 5) is 36.0. The number of hydrogen-bond donors (Lipinski definition) is 2. The van der Waals surface area contributed by atoms with Crippen molar-refractivity contribution in [3.8, 4) is 0 Å². The number of hydrogen-bond acceptors (Lipinski definition) is 10. The van der Waals surface area contributed by atoms with Crippen LogP contribution in [0.15, 0.2) is 50.5 Å². The monoisotopic (exact) mass is 614 g/mol. The zero-order valence-electron chi connectivity index (χ0n) is 19.9. The maximum atomic E-state index is 13.9. The lowest BCUT2D eigenvalue weighted by atomic mass is 9.94. The Kier molecular flexibility index (Phi) is 7.83. The summed E-state index contributed by atoms with van der Waals surface area (Å²) in [7, 11) is -3.58. The molecular weight excluding hydrogens is 591 g/mol. The predicted molar refractivity (Wildman–Crippen MR) is 139 cm³/mol. The van der Waals surface area contributed by atoms with E-state index in [1.807, 2.05) is 0 Å². The topological polar surface area (TPSA) is 138 Å². The van der Waals surface area contributed by atoms with Crippen molar-refractivity contribution in [1.82, 2.24) is 15.2 Å². The molecule has 2 aromatic rings. The first kappa shape index (κ1) is 27.4. The lowest BCUT2D eigenvalue weighted by molar-refractivity contribution is -0.149. The molecular formula is C23H24BrFN4O6S2. The van der Waals surface area contributed by atoms with E-state index < -0.39 is 44.9 Å². The molecule has 0 aliphatic carbocycles. The van der Waals surface area contributed by atoms with Crippen LogP contribution in [0.25, 0.3) is 0 Å². The molecule has 0 amide bonds. The average molecular weight is 616 g/mol. The van der Waals surface area contributed by atoms with Gasteiger partial charge in [0.15, 0.2) is 20.7 Å². The van der Waals surface area contributed by atoms with Crippen molar-refractivity contribution in [2.75, 3.05) is 31.2 Å². The summed E-state index contributed by atoms with van der Waals surface area (Å²) in [5.74, 6) is -2.93. The van der Waals surface area contributed by atoms with Crippen LogP contribution in [0.2, 0.25) is 0 Å². The Bertz CT molecular complexity index is 1400. The van der Waals surface area contributed by atoms with Crippen LogP contribution in [-0.2, 0) is 24.2 Å². The Balaban J connectivity index is 1.87. The van der Waals surface area contributed by atoms with Gasteiger partial charge in [-0.3, -0.25) is 14.7 Å². The van der Waals surface area contributed by atoms with Crippen LogP contribution in [0.4, 0.5) is 4.39 Å². The van der Waals surface area contributed by atoms with Crippen molar-refractivity contribution in [3.63, 3.8) is 0 Å². The minimum absolute atomic E-state index is 0.0545. The molecule has 10 nitrogen and oxygen atoms in total. The largest absolute Gasteiger partial charge is 0.480 e. The second-order valence-corrected chi connectivity index (χ2v) is 12.6. The normalized spacial score (nSPS) is 23.8. The Hall–Kier alpha value is -2.68. The third-order valence-corrected chi connectivity index (χ3v) is 9.47. The first-order valence-electron chi connectivity index (χ1n) is 11.2. The van der Waals surface area contributed by atoms with E-state index in [2.05, 4.69) is 26.2 Å². The number of carboxylic acid groups (broad SMARTS) is 1. The number of halogens is 2. The van der Waals surface area contributed by atoms with Gasteiger partial charge in [0.05, 0.1) is 23.7 Å². The summed E-state index contributed by atoms with van der Waals surface area (Å²) in [6, 6.07) is 3.08. The lowest BCUT2D eigenvalue weighted by Gasteiger charge is -2.42. The maximum Gasteiger partial charge on any atom is 0.338 e. The molecule has 2 aliphatic rings. The van der Waals surface area contributed by atoms with Gasteiger partial charge in [0.2, 0.25) is 0 Å². The number of esters is 1. The van der Waals surface area contributed by atoms with E-state index >= 15 is 0 Å². The standard InChI is InChI=1S/C23H24BrFN4O6S2/c1-3-35-21(30)17-16(11-29-7-9-37(33,34)12-23(29,2)22(31)32)27-19(20-26-6-8-36-20)28-18(17)14-5-4-13(25)10-15(14)24/h4-6,8,10,18H,3,7,9,11-12H2,1-2H3,(H,27,28)(H,31,32)/t18-,23?/m0/s1. The van der Waals surface area contributed by atoms with Crippen LogP contribution in [0, 0.1) is 5.82 Å². The SMILES string of the molecule is CCOC(=O)C1=C(CN2CCS(=O)(=O)CC2(C)C(=O)O)NC(c2nccs2)=N[C@H]1c1ccc(F)cc1Br. The molecule has 2 atom stereocenters. The molecule has 198 valence electrons. The lowest BCUT2D eigenvalue weighted by Crippen LogP contribution is -2.62. The molecule has 0 saturated carbocycles. The number of nitrogens with zero attached hydrogens (tertiary/aromatic N) is 3. The number of nitrogens with one attached hydrogen (secondary N) is 1. The number of aromatic nitrogens is 1. The van der Waals surface area contributed by atoms with Gasteiger partial charge in [0.1, 0.15) is 17.4 Å². The quantitative estimate of drug-likeness (QED) is 0.450. The smallest absolute Gasteiger partial charge is 0.338 e. The van der Waals surface area contributed by atoms with E-state index in [0.29, 0.717) is 26.6 Å². The summed E-state index contributed by atoms with van der Waals surface area (Å²) in [5.41, 5.74) is -0.838. The van der Waals surface area contributed by atoms with Crippen LogP contribution in [-0.4, -0.2) is 77.9 Å². The van der Waals surface area contributed by atoms with E-state index in [1.165, 1.54) is 41.4 Å². The Morgan fingerprint density at radius 1 is 1.41 bits per heavy atom. The van der Waals surface area contributed by atoms with Crippen LogP contribution < -0.4 is 5.32 Å². The number of amidine groups is 1. The van der Waals surface area contributed by atoms with Crippen molar-refractivity contribution in [3.05, 3.63) is 61.9 Å². The number of benzene rings is 1. The molecule has 1 unspecified atom stereocenters. The molecule has 4 rings (SSSR count). The van der Waals surface area contributed by atoms with Gasteiger partial charge in [-0.25, -0.2) is 22.6 Å². The van der Waals surface area contributed by atoms with Crippen molar-refractivity contribution >= 4 is 54.9 Å². The molecule has 3 heterocycles. The third-order valence-electron chi connectivity index (χ3n) is 6.19. The second-order valence-electron chi connectivity index (χ2n) is 8.71. The van der Waals surface area contributed by atoms with Crippen LogP contribution in [0.3, 0.4) is 0 Å². The predicted octanol–water partition coefficient (Wildman–Crippen LogP) is 2.53. The van der Waals surface area contributed by atoms with E-state index in [4.69, 9.17) is 9.73 Å². The Labute approximate surface area is 225 Å². The number of rotatable bonds is 7. The summed E-state index contributed by atoms with van der Waals surface area (Å²) in [6.45, 7) is 2.92. The first-order valence-corrected chi connectivity index (χ1v) is 14.7. The first-order chi connectivity index (χ1) is 17.4. The average Bonchev–Trinajstić information content (AvgIpc) is 3.35. The Morgan fingerprint density at radius 2 is 2.16 bits per heavy atom. The molecule has 14 heteroatoms. The van der Waals surface area contributed by atoms with Crippen LogP contribution in [0.1, 0.15) is 30.5 Å². The minimum Gasteiger partial charge on any atom is -0.480 e. The van der Waals surface area contributed by atoms with Gasteiger partial charge in [0.25, 0.3) is 0 Å². The fourth-order valence-electron chi connectivity index (χ4n) is 4.30. The van der Waals surface area contributed by atoms with Crippen molar-refractivity contribution in [2.45, 2.75) is 25.4 Å². The highest BCUT2D eigenvalue weighted by molar-refractivity contribution is 9.10. The Morgan fingerprint density at radius 3 is 2.78 bits per heavy atom. The van der Waals surface area contributed by atoms with Crippen molar-refractivity contribution in [2.24, 2.45) is 4.99 Å². The van der Waals surface area contributed by atoms with E-state index in [9.17, 15) is 27.5 Å². The summed E-state index contributed by atoms with van der Waals surface area (Å²) in [6.07, 6.45) is 1.59. The van der Waals surface area contributed by atoms with Gasteiger partial charge in [-0.2, -0.15) is 0 Å². The zero-order valence-corrected chi connectivity index (χ0v) is 23.1. The zero-order chi connectivity index (χ0) is 27.0. The van der Waals surface area contributed by atoms with Gasteiger partial charge in [-0.05, 0) is 31.5 Å². The maximum absolute atomic E-state index is 13.9. The fraction of sp³-hybridized carbons (Fsp3) is 0.391. The van der Waals surface area contributed by atoms with Gasteiger partial charge in [-0.15, -0.1) is 11.3 Å². The molecule has 2 N–H and O–H groups in total. The molecule has 1 fully saturated rings. The molecule has 2 aliphatic heterocycles. The molecule has 1 saturated heterocycles. The molecule has 37 heavy (non-hydrogen) atoms. The molecule has 1 aromatic heterocycles. The molecule has 0 radical (unpaired) electrons. The highest BCUT2D eigenvalue weighted by atomic mass is 79.9. The number of aliphatic carboxylic acids is 1. The number of thiazole rings is 1. The van der Waals surface area contributed by atoms with Crippen LogP contribution in [0.5, 0.6) is 0 Å².